The number of ether oxygens (including phenoxy) is 1. The number of carbonyl (C=O) groups is 1. The van der Waals surface area contributed by atoms with Crippen molar-refractivity contribution < 1.29 is 27.8 Å². The van der Waals surface area contributed by atoms with Crippen molar-refractivity contribution in [2.24, 2.45) is 16.7 Å². The molecule has 1 amide bonds. The number of halogens is 3. The summed E-state index contributed by atoms with van der Waals surface area (Å²) in [5.41, 5.74) is -1.32. The SMILES string of the molecule is CC(C)n1nc(N[C@H]2[C@H]3CC[C@@]2(C(C)(C)C)CN(C(=O)O)C3)nc1Oc1cccc(C(F)(F)F)c1. The van der Waals surface area contributed by atoms with Crippen molar-refractivity contribution in [2.75, 3.05) is 18.4 Å². The molecule has 1 aliphatic heterocycles. The van der Waals surface area contributed by atoms with Gasteiger partial charge in [0, 0.05) is 24.5 Å². The average molecular weight is 496 g/mol. The van der Waals surface area contributed by atoms with Gasteiger partial charge in [-0.25, -0.2) is 9.48 Å². The number of fused-ring (bicyclic) bond motifs is 2. The molecule has 1 aromatic heterocycles. The Bertz CT molecular complexity index is 1090. The van der Waals surface area contributed by atoms with Crippen LogP contribution in [-0.4, -0.2) is 50.0 Å². The van der Waals surface area contributed by atoms with Crippen LogP contribution >= 0.6 is 0 Å². The van der Waals surface area contributed by atoms with Gasteiger partial charge in [0.2, 0.25) is 5.95 Å². The summed E-state index contributed by atoms with van der Waals surface area (Å²) in [5, 5.41) is 17.7. The molecule has 2 aliphatic rings. The van der Waals surface area contributed by atoms with Gasteiger partial charge >= 0.3 is 18.3 Å². The maximum absolute atomic E-state index is 13.1. The van der Waals surface area contributed by atoms with Gasteiger partial charge in [-0.1, -0.05) is 26.8 Å². The topological polar surface area (TPSA) is 92.5 Å². The first-order chi connectivity index (χ1) is 16.2. The summed E-state index contributed by atoms with van der Waals surface area (Å²) in [6.45, 7) is 11.0. The molecule has 4 rings (SSSR count). The van der Waals surface area contributed by atoms with E-state index in [0.717, 1.165) is 25.0 Å². The summed E-state index contributed by atoms with van der Waals surface area (Å²) < 4.78 is 46.7. The maximum atomic E-state index is 13.1. The Hall–Kier alpha value is -2.98. The van der Waals surface area contributed by atoms with Gasteiger partial charge in [-0.2, -0.15) is 18.2 Å². The Labute approximate surface area is 202 Å². The number of nitrogens with zero attached hydrogens (tertiary/aromatic N) is 4. The highest BCUT2D eigenvalue weighted by molar-refractivity contribution is 5.65. The molecule has 1 saturated carbocycles. The zero-order chi connectivity index (χ0) is 25.8. The molecular weight excluding hydrogens is 463 g/mol. The van der Waals surface area contributed by atoms with Crippen molar-refractivity contribution in [1.29, 1.82) is 0 Å². The molecule has 2 heterocycles. The number of rotatable bonds is 5. The first-order valence-corrected chi connectivity index (χ1v) is 11.8. The van der Waals surface area contributed by atoms with Crippen molar-refractivity contribution in [1.82, 2.24) is 19.7 Å². The van der Waals surface area contributed by atoms with E-state index in [1.807, 2.05) is 13.8 Å². The first-order valence-electron chi connectivity index (χ1n) is 11.8. The molecule has 1 aliphatic carbocycles. The van der Waals surface area contributed by atoms with Gasteiger partial charge in [0.15, 0.2) is 0 Å². The number of hydrogen-bond donors (Lipinski definition) is 2. The summed E-state index contributed by atoms with van der Waals surface area (Å²) in [6, 6.07) is 4.53. The van der Waals surface area contributed by atoms with Gasteiger partial charge in [-0.05, 0) is 56.2 Å². The second-order valence-corrected chi connectivity index (χ2v) is 10.9. The standard InChI is InChI=1S/C24H32F3N5O3/c1-14(2)32-20(35-17-8-6-7-16(11-17)24(25,26)27)29-19(30-32)28-18-15-9-10-23(18,22(3,4)5)13-31(12-15)21(33)34/h6-8,11,14-15,18H,9-10,12-13H2,1-5H3,(H,28,30)(H,33,34)/t15-,18-,23+/m0/s1. The van der Waals surface area contributed by atoms with Crippen molar-refractivity contribution in [3.05, 3.63) is 29.8 Å². The Morgan fingerprint density at radius 3 is 2.60 bits per heavy atom. The van der Waals surface area contributed by atoms with Crippen LogP contribution in [0.15, 0.2) is 24.3 Å². The molecule has 1 saturated heterocycles. The fourth-order valence-corrected chi connectivity index (χ4v) is 5.52. The lowest BCUT2D eigenvalue weighted by Gasteiger charge is -2.52. The number of aromatic nitrogens is 3. The molecule has 0 unspecified atom stereocenters. The Morgan fingerprint density at radius 2 is 2.00 bits per heavy atom. The van der Waals surface area contributed by atoms with Crippen LogP contribution in [0.3, 0.4) is 0 Å². The molecular formula is C24H32F3N5O3. The van der Waals surface area contributed by atoms with Gasteiger partial charge in [-0.3, -0.25) is 0 Å². The number of carboxylic acid groups (broad SMARTS) is 1. The van der Waals surface area contributed by atoms with E-state index in [4.69, 9.17) is 4.74 Å². The van der Waals surface area contributed by atoms with E-state index < -0.39 is 17.8 Å². The number of nitrogens with one attached hydrogen (secondary N) is 1. The van der Waals surface area contributed by atoms with Crippen molar-refractivity contribution in [3.8, 4) is 11.8 Å². The van der Waals surface area contributed by atoms with Crippen LogP contribution in [0.5, 0.6) is 11.8 Å². The summed E-state index contributed by atoms with van der Waals surface area (Å²) in [6.07, 6.45) is -3.63. The normalized spacial score (nSPS) is 24.7. The molecule has 35 heavy (non-hydrogen) atoms. The third-order valence-corrected chi connectivity index (χ3v) is 7.46. The quantitative estimate of drug-likeness (QED) is 0.538. The predicted molar refractivity (Wildman–Crippen MR) is 124 cm³/mol. The van der Waals surface area contributed by atoms with E-state index in [2.05, 4.69) is 36.2 Å². The average Bonchev–Trinajstić information content (AvgIpc) is 3.22. The van der Waals surface area contributed by atoms with Gasteiger partial charge in [0.1, 0.15) is 5.75 Å². The molecule has 1 aromatic carbocycles. The van der Waals surface area contributed by atoms with E-state index in [1.54, 1.807) is 0 Å². The summed E-state index contributed by atoms with van der Waals surface area (Å²) in [7, 11) is 0. The smallest absolute Gasteiger partial charge is 0.416 e. The molecule has 2 N–H and O–H groups in total. The molecule has 2 aromatic rings. The Kier molecular flexibility index (Phi) is 6.17. The first kappa shape index (κ1) is 25.1. The lowest BCUT2D eigenvalue weighted by Crippen LogP contribution is -2.60. The largest absolute Gasteiger partial charge is 0.465 e. The molecule has 0 radical (unpaired) electrons. The minimum Gasteiger partial charge on any atom is -0.465 e. The molecule has 2 bridgehead atoms. The zero-order valence-corrected chi connectivity index (χ0v) is 20.6. The minimum atomic E-state index is -4.48. The number of likely N-dealkylation sites (tertiary alicyclic amines) is 1. The summed E-state index contributed by atoms with van der Waals surface area (Å²) in [5.74, 6) is 0.426. The second-order valence-electron chi connectivity index (χ2n) is 10.9. The molecule has 8 nitrogen and oxygen atoms in total. The number of amides is 1. The molecule has 11 heteroatoms. The predicted octanol–water partition coefficient (Wildman–Crippen LogP) is 5.89. The molecule has 0 spiro atoms. The van der Waals surface area contributed by atoms with Crippen LogP contribution < -0.4 is 10.1 Å². The third kappa shape index (κ3) is 4.64. The van der Waals surface area contributed by atoms with Crippen LogP contribution in [0.2, 0.25) is 0 Å². The number of piperidine rings is 1. The van der Waals surface area contributed by atoms with E-state index in [9.17, 15) is 23.1 Å². The maximum Gasteiger partial charge on any atom is 0.416 e. The Morgan fingerprint density at radius 1 is 1.29 bits per heavy atom. The minimum absolute atomic E-state index is 0.0154. The second kappa shape index (κ2) is 8.60. The van der Waals surface area contributed by atoms with Crippen LogP contribution in [0, 0.1) is 16.7 Å². The van der Waals surface area contributed by atoms with Crippen LogP contribution in [-0.2, 0) is 6.18 Å². The van der Waals surface area contributed by atoms with E-state index in [1.165, 1.54) is 21.7 Å². The van der Waals surface area contributed by atoms with Crippen LogP contribution in [0.1, 0.15) is 59.1 Å². The summed E-state index contributed by atoms with van der Waals surface area (Å²) in [4.78, 5) is 17.8. The lowest BCUT2D eigenvalue weighted by atomic mass is 9.61. The highest BCUT2D eigenvalue weighted by Gasteiger charge is 2.59. The fraction of sp³-hybridized carbons (Fsp3) is 0.625. The van der Waals surface area contributed by atoms with E-state index in [-0.39, 0.29) is 40.6 Å². The highest BCUT2D eigenvalue weighted by Crippen LogP contribution is 2.57. The van der Waals surface area contributed by atoms with Crippen molar-refractivity contribution in [3.63, 3.8) is 0 Å². The molecule has 192 valence electrons. The van der Waals surface area contributed by atoms with E-state index >= 15 is 0 Å². The van der Waals surface area contributed by atoms with Crippen LogP contribution in [0.25, 0.3) is 0 Å². The lowest BCUT2D eigenvalue weighted by molar-refractivity contribution is -0.137. The number of hydrogen-bond acceptors (Lipinski definition) is 5. The number of anilines is 1. The van der Waals surface area contributed by atoms with Crippen molar-refractivity contribution in [2.45, 2.75) is 65.7 Å². The number of alkyl halides is 3. The van der Waals surface area contributed by atoms with Gasteiger partial charge < -0.3 is 20.1 Å². The van der Waals surface area contributed by atoms with Gasteiger partial charge in [0.05, 0.1) is 11.6 Å². The third-order valence-electron chi connectivity index (χ3n) is 7.46. The summed E-state index contributed by atoms with van der Waals surface area (Å²) >= 11 is 0. The van der Waals surface area contributed by atoms with Crippen molar-refractivity contribution >= 4 is 12.0 Å². The fourth-order valence-electron chi connectivity index (χ4n) is 5.52. The molecule has 2 fully saturated rings. The van der Waals surface area contributed by atoms with Gasteiger partial charge in [-0.15, -0.1) is 5.10 Å². The monoisotopic (exact) mass is 495 g/mol. The van der Waals surface area contributed by atoms with E-state index in [0.29, 0.717) is 19.0 Å². The van der Waals surface area contributed by atoms with Gasteiger partial charge in [0.25, 0.3) is 0 Å². The molecule has 3 atom stereocenters. The Balaban J connectivity index is 1.63. The van der Waals surface area contributed by atoms with Crippen LogP contribution in [0.4, 0.5) is 23.9 Å². The highest BCUT2D eigenvalue weighted by atomic mass is 19.4. The number of benzene rings is 1. The zero-order valence-electron chi connectivity index (χ0n) is 20.6.